The fraction of sp³-hybridized carbons (Fsp3) is 0.579. The van der Waals surface area contributed by atoms with Crippen LogP contribution in [0.2, 0.25) is 0 Å². The van der Waals surface area contributed by atoms with Crippen molar-refractivity contribution in [3.63, 3.8) is 0 Å². The molecule has 1 atom stereocenters. The molecule has 152 valence electrons. The van der Waals surface area contributed by atoms with Gasteiger partial charge in [0, 0.05) is 37.7 Å². The molecule has 1 aromatic rings. The molecule has 1 unspecified atom stereocenters. The van der Waals surface area contributed by atoms with E-state index in [2.05, 4.69) is 15.6 Å². The summed E-state index contributed by atoms with van der Waals surface area (Å²) in [7, 11) is 3.26. The van der Waals surface area contributed by atoms with Crippen molar-refractivity contribution in [2.75, 3.05) is 33.9 Å². The van der Waals surface area contributed by atoms with Gasteiger partial charge in [0.25, 0.3) is 0 Å². The lowest BCUT2D eigenvalue weighted by Crippen LogP contribution is -2.45. The normalized spacial score (nSPS) is 16.5. The van der Waals surface area contributed by atoms with Crippen LogP contribution in [-0.2, 0) is 11.3 Å². The van der Waals surface area contributed by atoms with Gasteiger partial charge in [0.2, 0.25) is 5.91 Å². The highest BCUT2D eigenvalue weighted by Gasteiger charge is 2.25. The summed E-state index contributed by atoms with van der Waals surface area (Å²) in [6.45, 7) is 6.69. The van der Waals surface area contributed by atoms with E-state index in [1.54, 1.807) is 14.2 Å². The van der Waals surface area contributed by atoms with Gasteiger partial charge in [-0.2, -0.15) is 0 Å². The summed E-state index contributed by atoms with van der Waals surface area (Å²) in [5.41, 5.74) is 0.957. The van der Waals surface area contributed by atoms with Crippen molar-refractivity contribution in [2.24, 2.45) is 4.99 Å². The first-order valence-electron chi connectivity index (χ1n) is 9.15. The molecular formula is C19H31IN4O3. The highest BCUT2D eigenvalue weighted by atomic mass is 127. The number of hydrogen-bond donors (Lipinski definition) is 2. The first-order valence-corrected chi connectivity index (χ1v) is 9.15. The molecule has 1 saturated heterocycles. The molecule has 1 heterocycles. The third-order valence-electron chi connectivity index (χ3n) is 4.42. The van der Waals surface area contributed by atoms with Crippen LogP contribution in [0.25, 0.3) is 0 Å². The lowest BCUT2D eigenvalue weighted by molar-refractivity contribution is -0.129. The zero-order valence-corrected chi connectivity index (χ0v) is 18.9. The number of methoxy groups -OCH3 is 2. The van der Waals surface area contributed by atoms with Crippen molar-refractivity contribution >= 4 is 35.8 Å². The van der Waals surface area contributed by atoms with Gasteiger partial charge >= 0.3 is 0 Å². The number of carbonyl (C=O) groups is 1. The molecule has 2 N–H and O–H groups in total. The van der Waals surface area contributed by atoms with E-state index in [9.17, 15) is 4.79 Å². The Kier molecular flexibility index (Phi) is 10.3. The predicted molar refractivity (Wildman–Crippen MR) is 118 cm³/mol. The molecule has 1 fully saturated rings. The monoisotopic (exact) mass is 490 g/mol. The molecule has 0 radical (unpaired) electrons. The minimum absolute atomic E-state index is 0. The maximum atomic E-state index is 11.8. The molecular weight excluding hydrogens is 459 g/mol. The third-order valence-corrected chi connectivity index (χ3v) is 4.42. The SMILES string of the molecule is CCNC(=NCc1cccc(OC)c1OC)NC1CCN(C(=O)CC)C1.I. The minimum Gasteiger partial charge on any atom is -0.493 e. The third kappa shape index (κ3) is 6.44. The number of nitrogens with zero attached hydrogens (tertiary/aromatic N) is 2. The lowest BCUT2D eigenvalue weighted by atomic mass is 10.2. The molecule has 2 rings (SSSR count). The molecule has 1 aromatic carbocycles. The second-order valence-electron chi connectivity index (χ2n) is 6.17. The van der Waals surface area contributed by atoms with E-state index in [1.165, 1.54) is 0 Å². The van der Waals surface area contributed by atoms with E-state index in [0.29, 0.717) is 24.5 Å². The number of ether oxygens (including phenoxy) is 2. The summed E-state index contributed by atoms with van der Waals surface area (Å²) in [5, 5.41) is 6.70. The maximum Gasteiger partial charge on any atom is 0.222 e. The molecule has 1 aliphatic heterocycles. The number of benzene rings is 1. The fourth-order valence-corrected chi connectivity index (χ4v) is 3.08. The van der Waals surface area contributed by atoms with Crippen molar-refractivity contribution < 1.29 is 14.3 Å². The second-order valence-corrected chi connectivity index (χ2v) is 6.17. The summed E-state index contributed by atoms with van der Waals surface area (Å²) >= 11 is 0. The highest BCUT2D eigenvalue weighted by molar-refractivity contribution is 14.0. The lowest BCUT2D eigenvalue weighted by Gasteiger charge is -2.19. The zero-order chi connectivity index (χ0) is 18.9. The molecule has 0 aromatic heterocycles. The van der Waals surface area contributed by atoms with Crippen molar-refractivity contribution in [3.8, 4) is 11.5 Å². The van der Waals surface area contributed by atoms with Gasteiger partial charge in [-0.1, -0.05) is 19.1 Å². The van der Waals surface area contributed by atoms with E-state index in [4.69, 9.17) is 9.47 Å². The number of likely N-dealkylation sites (tertiary alicyclic amines) is 1. The number of nitrogens with one attached hydrogen (secondary N) is 2. The Balaban J connectivity index is 0.00000364. The number of guanidine groups is 1. The highest BCUT2D eigenvalue weighted by Crippen LogP contribution is 2.31. The van der Waals surface area contributed by atoms with E-state index in [1.807, 2.05) is 36.9 Å². The summed E-state index contributed by atoms with van der Waals surface area (Å²) in [6.07, 6.45) is 1.48. The Morgan fingerprint density at radius 1 is 1.30 bits per heavy atom. The van der Waals surface area contributed by atoms with Gasteiger partial charge in [-0.15, -0.1) is 24.0 Å². The molecule has 1 amide bonds. The number of rotatable bonds is 7. The Labute approximate surface area is 178 Å². The largest absolute Gasteiger partial charge is 0.493 e. The van der Waals surface area contributed by atoms with Gasteiger partial charge in [0.05, 0.1) is 20.8 Å². The van der Waals surface area contributed by atoms with Crippen molar-refractivity contribution in [1.29, 1.82) is 0 Å². The van der Waals surface area contributed by atoms with Crippen molar-refractivity contribution in [2.45, 2.75) is 39.3 Å². The minimum atomic E-state index is 0. The average Bonchev–Trinajstić information content (AvgIpc) is 3.13. The summed E-state index contributed by atoms with van der Waals surface area (Å²) in [5.74, 6) is 2.35. The van der Waals surface area contributed by atoms with Crippen LogP contribution in [0.4, 0.5) is 0 Å². The molecule has 7 nitrogen and oxygen atoms in total. The quantitative estimate of drug-likeness (QED) is 0.349. The first kappa shape index (κ1) is 23.3. The van der Waals surface area contributed by atoms with Gasteiger partial charge < -0.3 is 25.0 Å². The van der Waals surface area contributed by atoms with Gasteiger partial charge in [-0.25, -0.2) is 4.99 Å². The van der Waals surface area contributed by atoms with Crippen LogP contribution in [0.1, 0.15) is 32.3 Å². The number of hydrogen-bond acceptors (Lipinski definition) is 4. The number of halogens is 1. The number of aliphatic imine (C=N–C) groups is 1. The summed E-state index contributed by atoms with van der Waals surface area (Å²) in [6, 6.07) is 5.99. The first-order chi connectivity index (χ1) is 12.6. The molecule has 0 aliphatic carbocycles. The topological polar surface area (TPSA) is 75.2 Å². The van der Waals surface area contributed by atoms with Crippen LogP contribution in [-0.4, -0.2) is 56.7 Å². The number of amides is 1. The maximum absolute atomic E-state index is 11.8. The number of carbonyl (C=O) groups excluding carboxylic acids is 1. The molecule has 27 heavy (non-hydrogen) atoms. The van der Waals surface area contributed by atoms with E-state index >= 15 is 0 Å². The molecule has 0 bridgehead atoms. The van der Waals surface area contributed by atoms with Gasteiger partial charge in [0.1, 0.15) is 0 Å². The van der Waals surface area contributed by atoms with Gasteiger partial charge in [0.15, 0.2) is 17.5 Å². The van der Waals surface area contributed by atoms with Crippen LogP contribution in [0.3, 0.4) is 0 Å². The Bertz CT molecular complexity index is 639. The van der Waals surface area contributed by atoms with Crippen LogP contribution in [0.5, 0.6) is 11.5 Å². The molecule has 1 aliphatic rings. The van der Waals surface area contributed by atoms with Crippen LogP contribution >= 0.6 is 24.0 Å². The van der Waals surface area contributed by atoms with E-state index < -0.39 is 0 Å². The predicted octanol–water partition coefficient (Wildman–Crippen LogP) is 2.39. The Morgan fingerprint density at radius 2 is 2.07 bits per heavy atom. The molecule has 0 saturated carbocycles. The zero-order valence-electron chi connectivity index (χ0n) is 16.6. The standard InChI is InChI=1S/C19H30N4O3.HI/c1-5-17(24)23-11-10-15(13-23)22-19(20-6-2)21-12-14-8-7-9-16(25-3)18(14)26-4;/h7-9,15H,5-6,10-13H2,1-4H3,(H2,20,21,22);1H. The van der Waals surface area contributed by atoms with E-state index in [-0.39, 0.29) is 35.9 Å². The van der Waals surface area contributed by atoms with Gasteiger partial charge in [-0.05, 0) is 19.4 Å². The smallest absolute Gasteiger partial charge is 0.222 e. The van der Waals surface area contributed by atoms with Crippen LogP contribution in [0.15, 0.2) is 23.2 Å². The van der Waals surface area contributed by atoms with Crippen molar-refractivity contribution in [1.82, 2.24) is 15.5 Å². The summed E-state index contributed by atoms with van der Waals surface area (Å²) in [4.78, 5) is 18.4. The molecule has 8 heteroatoms. The number of para-hydroxylation sites is 1. The molecule has 0 spiro atoms. The summed E-state index contributed by atoms with van der Waals surface area (Å²) < 4.78 is 10.8. The fourth-order valence-electron chi connectivity index (χ4n) is 3.08. The van der Waals surface area contributed by atoms with Gasteiger partial charge in [-0.3, -0.25) is 4.79 Å². The van der Waals surface area contributed by atoms with E-state index in [0.717, 1.165) is 37.6 Å². The Morgan fingerprint density at radius 3 is 2.70 bits per heavy atom. The van der Waals surface area contributed by atoms with Crippen molar-refractivity contribution in [3.05, 3.63) is 23.8 Å². The van der Waals surface area contributed by atoms with Crippen LogP contribution in [0, 0.1) is 0 Å². The average molecular weight is 490 g/mol. The second kappa shape index (κ2) is 11.9. The van der Waals surface area contributed by atoms with Crippen LogP contribution < -0.4 is 20.1 Å². The Hall–Kier alpha value is -1.71.